The first-order valence-corrected chi connectivity index (χ1v) is 9.39. The van der Waals surface area contributed by atoms with Gasteiger partial charge in [-0.25, -0.2) is 4.79 Å². The quantitative estimate of drug-likeness (QED) is 0.882. The number of pyridine rings is 1. The fraction of sp³-hybridized carbons (Fsp3) is 0.632. The molecule has 1 saturated carbocycles. The number of amides is 3. The summed E-state index contributed by atoms with van der Waals surface area (Å²) in [5.74, 6) is 0.353. The second-order valence-corrected chi connectivity index (χ2v) is 7.08. The van der Waals surface area contributed by atoms with E-state index in [1.165, 1.54) is 19.3 Å². The van der Waals surface area contributed by atoms with Gasteiger partial charge in [-0.15, -0.1) is 0 Å². The molecular weight excluding hydrogens is 316 g/mol. The Balaban J connectivity index is 1.75. The largest absolute Gasteiger partial charge is 0.357 e. The van der Waals surface area contributed by atoms with E-state index in [9.17, 15) is 9.59 Å². The van der Waals surface area contributed by atoms with E-state index < -0.39 is 0 Å². The molecule has 0 radical (unpaired) electrons. The molecule has 1 saturated heterocycles. The molecule has 2 N–H and O–H groups in total. The Morgan fingerprint density at radius 1 is 1.20 bits per heavy atom. The number of likely N-dealkylation sites (tertiary alicyclic amines) is 1. The van der Waals surface area contributed by atoms with Gasteiger partial charge in [0.2, 0.25) is 5.91 Å². The van der Waals surface area contributed by atoms with Gasteiger partial charge in [0.05, 0.1) is 6.04 Å². The van der Waals surface area contributed by atoms with E-state index in [1.54, 1.807) is 18.1 Å². The Morgan fingerprint density at radius 2 is 2.00 bits per heavy atom. The van der Waals surface area contributed by atoms with Gasteiger partial charge < -0.3 is 15.5 Å². The number of aromatic nitrogens is 1. The fourth-order valence-electron chi connectivity index (χ4n) is 4.17. The van der Waals surface area contributed by atoms with Gasteiger partial charge in [0.25, 0.3) is 0 Å². The highest BCUT2D eigenvalue weighted by Gasteiger charge is 2.35. The second-order valence-electron chi connectivity index (χ2n) is 7.08. The SMILES string of the molecule is CNC(=O)C1CCCN1C(=O)NC(c1cccnc1)C1CCCCC1. The average molecular weight is 344 g/mol. The van der Waals surface area contributed by atoms with Gasteiger partial charge in [0, 0.05) is 26.0 Å². The van der Waals surface area contributed by atoms with Crippen LogP contribution in [0.5, 0.6) is 0 Å². The third kappa shape index (κ3) is 4.11. The highest BCUT2D eigenvalue weighted by atomic mass is 16.2. The molecule has 2 aliphatic rings. The van der Waals surface area contributed by atoms with Crippen molar-refractivity contribution in [2.45, 2.75) is 57.0 Å². The molecule has 2 unspecified atom stereocenters. The highest BCUT2D eigenvalue weighted by Crippen LogP contribution is 2.34. The predicted octanol–water partition coefficient (Wildman–Crippen LogP) is 2.62. The number of hydrogen-bond acceptors (Lipinski definition) is 3. The summed E-state index contributed by atoms with van der Waals surface area (Å²) in [7, 11) is 1.62. The van der Waals surface area contributed by atoms with Crippen molar-refractivity contribution in [3.8, 4) is 0 Å². The highest BCUT2D eigenvalue weighted by molar-refractivity contribution is 5.87. The Bertz CT molecular complexity index is 586. The third-order valence-corrected chi connectivity index (χ3v) is 5.51. The molecule has 3 amide bonds. The van der Waals surface area contributed by atoms with Crippen LogP contribution in [0.15, 0.2) is 24.5 Å². The molecule has 6 nitrogen and oxygen atoms in total. The normalized spacial score (nSPS) is 22.4. The topological polar surface area (TPSA) is 74.3 Å². The van der Waals surface area contributed by atoms with Crippen molar-refractivity contribution in [3.63, 3.8) is 0 Å². The molecule has 2 heterocycles. The number of nitrogens with zero attached hydrogens (tertiary/aromatic N) is 2. The first-order chi connectivity index (χ1) is 12.2. The van der Waals surface area contributed by atoms with E-state index in [-0.39, 0.29) is 24.0 Å². The fourth-order valence-corrected chi connectivity index (χ4v) is 4.17. The van der Waals surface area contributed by atoms with Gasteiger partial charge in [0.1, 0.15) is 6.04 Å². The summed E-state index contributed by atoms with van der Waals surface area (Å²) >= 11 is 0. The zero-order chi connectivity index (χ0) is 17.6. The van der Waals surface area contributed by atoms with Gasteiger partial charge >= 0.3 is 6.03 Å². The lowest BCUT2D eigenvalue weighted by Gasteiger charge is -2.33. The summed E-state index contributed by atoms with van der Waals surface area (Å²) in [4.78, 5) is 30.9. The van der Waals surface area contributed by atoms with E-state index in [4.69, 9.17) is 0 Å². The molecule has 136 valence electrons. The maximum Gasteiger partial charge on any atom is 0.318 e. The number of carbonyl (C=O) groups excluding carboxylic acids is 2. The zero-order valence-corrected chi connectivity index (χ0v) is 14.9. The van der Waals surface area contributed by atoms with Gasteiger partial charge in [0.15, 0.2) is 0 Å². The molecule has 1 aliphatic carbocycles. The summed E-state index contributed by atoms with van der Waals surface area (Å²) in [6, 6.07) is 3.43. The lowest BCUT2D eigenvalue weighted by molar-refractivity contribution is -0.124. The lowest BCUT2D eigenvalue weighted by atomic mass is 9.81. The van der Waals surface area contributed by atoms with Crippen molar-refractivity contribution in [2.24, 2.45) is 5.92 Å². The van der Waals surface area contributed by atoms with Crippen molar-refractivity contribution < 1.29 is 9.59 Å². The average Bonchev–Trinajstić information content (AvgIpc) is 3.16. The predicted molar refractivity (Wildman–Crippen MR) is 95.9 cm³/mol. The van der Waals surface area contributed by atoms with Crippen molar-refractivity contribution >= 4 is 11.9 Å². The van der Waals surface area contributed by atoms with E-state index in [2.05, 4.69) is 15.6 Å². The Kier molecular flexibility index (Phi) is 5.89. The number of hydrogen-bond donors (Lipinski definition) is 2. The Labute approximate surface area is 149 Å². The lowest BCUT2D eigenvalue weighted by Crippen LogP contribution is -2.50. The van der Waals surface area contributed by atoms with Crippen molar-refractivity contribution in [1.29, 1.82) is 0 Å². The van der Waals surface area contributed by atoms with Crippen LogP contribution in [0.2, 0.25) is 0 Å². The number of nitrogens with one attached hydrogen (secondary N) is 2. The minimum Gasteiger partial charge on any atom is -0.357 e. The monoisotopic (exact) mass is 344 g/mol. The summed E-state index contributed by atoms with van der Waals surface area (Å²) in [5, 5.41) is 5.89. The molecular formula is C19H28N4O2. The molecule has 25 heavy (non-hydrogen) atoms. The summed E-state index contributed by atoms with van der Waals surface area (Å²) in [6.45, 7) is 0.633. The van der Waals surface area contributed by atoms with E-state index in [1.807, 2.05) is 18.3 Å². The van der Waals surface area contributed by atoms with Crippen LogP contribution in [-0.4, -0.2) is 41.5 Å². The van der Waals surface area contributed by atoms with E-state index in [0.717, 1.165) is 31.2 Å². The van der Waals surface area contributed by atoms with E-state index >= 15 is 0 Å². The molecule has 2 fully saturated rings. The first kappa shape index (κ1) is 17.7. The van der Waals surface area contributed by atoms with Crippen LogP contribution < -0.4 is 10.6 Å². The molecule has 0 spiro atoms. The number of likely N-dealkylation sites (N-methyl/N-ethyl adjacent to an activating group) is 1. The van der Waals surface area contributed by atoms with Crippen LogP contribution in [0.3, 0.4) is 0 Å². The van der Waals surface area contributed by atoms with Gasteiger partial charge in [-0.2, -0.15) is 0 Å². The Morgan fingerprint density at radius 3 is 2.68 bits per heavy atom. The molecule has 2 atom stereocenters. The number of carbonyl (C=O) groups is 2. The smallest absolute Gasteiger partial charge is 0.318 e. The standard InChI is InChI=1S/C19H28N4O2/c1-20-18(24)16-10-6-12-23(16)19(25)22-17(14-7-3-2-4-8-14)15-9-5-11-21-13-15/h5,9,11,13-14,16-17H,2-4,6-8,10,12H2,1H3,(H,20,24)(H,22,25). The summed E-state index contributed by atoms with van der Waals surface area (Å²) < 4.78 is 0. The molecule has 1 aromatic heterocycles. The van der Waals surface area contributed by atoms with Gasteiger partial charge in [-0.05, 0) is 43.2 Å². The van der Waals surface area contributed by atoms with E-state index in [0.29, 0.717) is 12.5 Å². The van der Waals surface area contributed by atoms with Gasteiger partial charge in [-0.3, -0.25) is 9.78 Å². The Hall–Kier alpha value is -2.11. The van der Waals surface area contributed by atoms with Crippen LogP contribution >= 0.6 is 0 Å². The number of rotatable bonds is 4. The first-order valence-electron chi connectivity index (χ1n) is 9.39. The molecule has 0 bridgehead atoms. The minimum absolute atomic E-state index is 0.0348. The summed E-state index contributed by atoms with van der Waals surface area (Å²) in [5.41, 5.74) is 1.05. The van der Waals surface area contributed by atoms with Crippen LogP contribution in [-0.2, 0) is 4.79 Å². The maximum absolute atomic E-state index is 12.9. The van der Waals surface area contributed by atoms with Crippen LogP contribution in [0.25, 0.3) is 0 Å². The van der Waals surface area contributed by atoms with Crippen molar-refractivity contribution in [3.05, 3.63) is 30.1 Å². The molecule has 3 rings (SSSR count). The zero-order valence-electron chi connectivity index (χ0n) is 14.9. The second kappa shape index (κ2) is 8.32. The van der Waals surface area contributed by atoms with Crippen LogP contribution in [0.4, 0.5) is 4.79 Å². The van der Waals surface area contributed by atoms with Crippen LogP contribution in [0.1, 0.15) is 56.6 Å². The van der Waals surface area contributed by atoms with Gasteiger partial charge in [-0.1, -0.05) is 25.3 Å². The minimum atomic E-state index is -0.356. The number of urea groups is 1. The van der Waals surface area contributed by atoms with Crippen LogP contribution in [0, 0.1) is 5.92 Å². The summed E-state index contributed by atoms with van der Waals surface area (Å²) in [6.07, 6.45) is 11.1. The van der Waals surface area contributed by atoms with Crippen molar-refractivity contribution in [1.82, 2.24) is 20.5 Å². The maximum atomic E-state index is 12.9. The van der Waals surface area contributed by atoms with Crippen molar-refractivity contribution in [2.75, 3.05) is 13.6 Å². The molecule has 1 aliphatic heterocycles. The molecule has 6 heteroatoms. The third-order valence-electron chi connectivity index (χ3n) is 5.51. The molecule has 0 aromatic carbocycles. The molecule has 1 aromatic rings.